The first-order valence-electron chi connectivity index (χ1n) is 10.6. The summed E-state index contributed by atoms with van der Waals surface area (Å²) in [5, 5.41) is 0. The highest BCUT2D eigenvalue weighted by molar-refractivity contribution is 7.99. The van der Waals surface area contributed by atoms with E-state index in [-0.39, 0.29) is 5.97 Å². The molecule has 0 radical (unpaired) electrons. The minimum atomic E-state index is -0.415. The Morgan fingerprint density at radius 3 is 1.92 bits per heavy atom. The lowest BCUT2D eigenvalue weighted by Crippen LogP contribution is -2.24. The van der Waals surface area contributed by atoms with Gasteiger partial charge in [-0.05, 0) is 6.42 Å². The van der Waals surface area contributed by atoms with Gasteiger partial charge in [-0.1, -0.05) is 84.0 Å². The summed E-state index contributed by atoms with van der Waals surface area (Å²) in [6.07, 6.45) is 18.3. The third kappa shape index (κ3) is 19.8. The number of thioether (sulfide) groups is 1. The summed E-state index contributed by atoms with van der Waals surface area (Å²) in [6, 6.07) is -0.415. The van der Waals surface area contributed by atoms with E-state index >= 15 is 0 Å². The van der Waals surface area contributed by atoms with Crippen LogP contribution in [0.3, 0.4) is 0 Å². The van der Waals surface area contributed by atoms with Gasteiger partial charge in [-0.2, -0.15) is 11.8 Å². The average molecular weight is 388 g/mol. The molecule has 0 aliphatic heterocycles. The second kappa shape index (κ2) is 20.8. The topological polar surface area (TPSA) is 69.4 Å². The molecule has 0 heterocycles. The molecular formula is C21H41NO3S. The number of nitrogens with two attached hydrogens (primary N) is 1. The number of carbonyl (C=O) groups is 2. The van der Waals surface area contributed by atoms with Crippen LogP contribution >= 0.6 is 11.8 Å². The van der Waals surface area contributed by atoms with E-state index in [1.165, 1.54) is 70.6 Å². The predicted molar refractivity (Wildman–Crippen MR) is 113 cm³/mol. The van der Waals surface area contributed by atoms with Crippen LogP contribution < -0.4 is 5.73 Å². The summed E-state index contributed by atoms with van der Waals surface area (Å²) in [6.45, 7) is 2.67. The van der Waals surface area contributed by atoms with E-state index in [0.29, 0.717) is 24.5 Å². The average Bonchev–Trinajstić information content (AvgIpc) is 2.65. The van der Waals surface area contributed by atoms with Crippen molar-refractivity contribution < 1.29 is 14.3 Å². The SMILES string of the molecule is CCCCCCCCCCCCCCCC(=O)OCCSC[C@H](N)C=O. The van der Waals surface area contributed by atoms with Crippen molar-refractivity contribution >= 4 is 24.0 Å². The molecule has 0 fully saturated rings. The smallest absolute Gasteiger partial charge is 0.305 e. The van der Waals surface area contributed by atoms with Crippen molar-refractivity contribution in [2.24, 2.45) is 5.73 Å². The molecule has 0 unspecified atom stereocenters. The second-order valence-corrected chi connectivity index (χ2v) is 8.24. The molecule has 26 heavy (non-hydrogen) atoms. The van der Waals surface area contributed by atoms with Crippen molar-refractivity contribution in [2.45, 2.75) is 103 Å². The molecule has 0 saturated carbocycles. The fraction of sp³-hybridized carbons (Fsp3) is 0.905. The zero-order chi connectivity index (χ0) is 19.3. The lowest BCUT2D eigenvalue weighted by atomic mass is 10.0. The maximum atomic E-state index is 11.6. The van der Waals surface area contributed by atoms with Crippen LogP contribution in [0.4, 0.5) is 0 Å². The number of unbranched alkanes of at least 4 members (excludes halogenated alkanes) is 12. The van der Waals surface area contributed by atoms with Gasteiger partial charge >= 0.3 is 5.97 Å². The fourth-order valence-corrected chi connectivity index (χ4v) is 3.55. The Morgan fingerprint density at radius 2 is 1.42 bits per heavy atom. The Balaban J connectivity index is 3.17. The molecule has 4 nitrogen and oxygen atoms in total. The number of carbonyl (C=O) groups excluding carboxylic acids is 2. The van der Waals surface area contributed by atoms with E-state index in [2.05, 4.69) is 6.92 Å². The van der Waals surface area contributed by atoms with Gasteiger partial charge in [-0.25, -0.2) is 0 Å². The number of aldehydes is 1. The summed E-state index contributed by atoms with van der Waals surface area (Å²) >= 11 is 1.54. The number of hydrogen-bond acceptors (Lipinski definition) is 5. The zero-order valence-electron chi connectivity index (χ0n) is 16.9. The lowest BCUT2D eigenvalue weighted by Gasteiger charge is -2.06. The van der Waals surface area contributed by atoms with Crippen LogP contribution in [0, 0.1) is 0 Å². The van der Waals surface area contributed by atoms with Gasteiger partial charge < -0.3 is 15.3 Å². The summed E-state index contributed by atoms with van der Waals surface area (Å²) in [5.74, 6) is 1.18. The standard InChI is InChI=1S/C21H41NO3S/c1-2-3-4-5-6-7-8-9-10-11-12-13-14-15-21(24)25-16-17-26-19-20(22)18-23/h18,20H,2-17,19,22H2,1H3/t20-/m1/s1. The normalized spacial score (nSPS) is 12.1. The van der Waals surface area contributed by atoms with Crippen molar-refractivity contribution in [3.8, 4) is 0 Å². The van der Waals surface area contributed by atoms with Crippen LogP contribution in [0.1, 0.15) is 96.8 Å². The molecular weight excluding hydrogens is 346 g/mol. The molecule has 0 aliphatic rings. The molecule has 0 aromatic rings. The van der Waals surface area contributed by atoms with Crippen molar-refractivity contribution in [3.05, 3.63) is 0 Å². The molecule has 2 N–H and O–H groups in total. The Labute approximate surface area is 165 Å². The molecule has 0 bridgehead atoms. The van der Waals surface area contributed by atoms with Crippen LogP contribution in [0.25, 0.3) is 0 Å². The summed E-state index contributed by atoms with van der Waals surface area (Å²) in [4.78, 5) is 21.9. The molecule has 0 rings (SSSR count). The first kappa shape index (κ1) is 25.4. The fourth-order valence-electron chi connectivity index (χ4n) is 2.83. The largest absolute Gasteiger partial charge is 0.465 e. The summed E-state index contributed by atoms with van der Waals surface area (Å²) in [5.41, 5.74) is 5.48. The van der Waals surface area contributed by atoms with E-state index in [0.717, 1.165) is 19.1 Å². The number of rotatable bonds is 20. The van der Waals surface area contributed by atoms with E-state index in [4.69, 9.17) is 10.5 Å². The minimum absolute atomic E-state index is 0.103. The Bertz CT molecular complexity index is 326. The van der Waals surface area contributed by atoms with Crippen molar-refractivity contribution in [3.63, 3.8) is 0 Å². The zero-order valence-corrected chi connectivity index (χ0v) is 17.7. The second-order valence-electron chi connectivity index (χ2n) is 7.09. The Hall–Kier alpha value is -0.550. The van der Waals surface area contributed by atoms with Crippen molar-refractivity contribution in [1.82, 2.24) is 0 Å². The first-order chi connectivity index (χ1) is 12.7. The molecule has 5 heteroatoms. The monoisotopic (exact) mass is 387 g/mol. The first-order valence-corrected chi connectivity index (χ1v) is 11.8. The van der Waals surface area contributed by atoms with Gasteiger partial charge in [0.15, 0.2) is 0 Å². The van der Waals surface area contributed by atoms with Gasteiger partial charge in [0.05, 0.1) is 6.04 Å². The van der Waals surface area contributed by atoms with E-state index < -0.39 is 6.04 Å². The highest BCUT2D eigenvalue weighted by atomic mass is 32.2. The van der Waals surface area contributed by atoms with Gasteiger partial charge in [-0.3, -0.25) is 4.79 Å². The maximum Gasteiger partial charge on any atom is 0.305 e. The summed E-state index contributed by atoms with van der Waals surface area (Å²) in [7, 11) is 0. The van der Waals surface area contributed by atoms with Gasteiger partial charge in [0.2, 0.25) is 0 Å². The lowest BCUT2D eigenvalue weighted by molar-refractivity contribution is -0.143. The van der Waals surface area contributed by atoms with Crippen molar-refractivity contribution in [1.29, 1.82) is 0 Å². The maximum absolute atomic E-state index is 11.6. The van der Waals surface area contributed by atoms with Gasteiger partial charge in [-0.15, -0.1) is 0 Å². The van der Waals surface area contributed by atoms with Crippen LogP contribution in [0.5, 0.6) is 0 Å². The molecule has 1 atom stereocenters. The van der Waals surface area contributed by atoms with Gasteiger partial charge in [0, 0.05) is 17.9 Å². The van der Waals surface area contributed by atoms with Crippen LogP contribution in [0.15, 0.2) is 0 Å². The summed E-state index contributed by atoms with van der Waals surface area (Å²) < 4.78 is 5.18. The van der Waals surface area contributed by atoms with Gasteiger partial charge in [0.25, 0.3) is 0 Å². The molecule has 0 amide bonds. The minimum Gasteiger partial charge on any atom is -0.465 e. The van der Waals surface area contributed by atoms with Gasteiger partial charge in [0.1, 0.15) is 12.9 Å². The highest BCUT2D eigenvalue weighted by Gasteiger charge is 2.04. The quantitative estimate of drug-likeness (QED) is 0.175. The Morgan fingerprint density at radius 1 is 0.923 bits per heavy atom. The molecule has 0 aliphatic carbocycles. The van der Waals surface area contributed by atoms with E-state index in [1.807, 2.05) is 0 Å². The molecule has 0 spiro atoms. The Kier molecular flexibility index (Phi) is 20.3. The van der Waals surface area contributed by atoms with Crippen LogP contribution in [-0.2, 0) is 14.3 Å². The highest BCUT2D eigenvalue weighted by Crippen LogP contribution is 2.13. The molecule has 0 saturated heterocycles. The molecule has 0 aromatic carbocycles. The number of hydrogen-bond donors (Lipinski definition) is 1. The number of esters is 1. The van der Waals surface area contributed by atoms with E-state index in [9.17, 15) is 9.59 Å². The molecule has 0 aromatic heterocycles. The van der Waals surface area contributed by atoms with Crippen LogP contribution in [0.2, 0.25) is 0 Å². The predicted octanol–water partition coefficient (Wildman–Crippen LogP) is 5.27. The van der Waals surface area contributed by atoms with Crippen molar-refractivity contribution in [2.75, 3.05) is 18.1 Å². The van der Waals surface area contributed by atoms with E-state index in [1.54, 1.807) is 11.8 Å². The molecule has 154 valence electrons. The van der Waals surface area contributed by atoms with Crippen LogP contribution in [-0.4, -0.2) is 36.4 Å². The third-order valence-electron chi connectivity index (χ3n) is 4.46. The number of ether oxygens (including phenoxy) is 1. The third-order valence-corrected chi connectivity index (χ3v) is 5.54.